The zero-order chi connectivity index (χ0) is 15.8. The highest BCUT2D eigenvalue weighted by Crippen LogP contribution is 2.22. The van der Waals surface area contributed by atoms with Gasteiger partial charge in [-0.1, -0.05) is 20.8 Å². The number of halogens is 1. The molecule has 1 heterocycles. The summed E-state index contributed by atoms with van der Waals surface area (Å²) < 4.78 is 3.17. The van der Waals surface area contributed by atoms with Crippen LogP contribution in [0.5, 0.6) is 0 Å². The summed E-state index contributed by atoms with van der Waals surface area (Å²) in [5.41, 5.74) is 2.37. The van der Waals surface area contributed by atoms with E-state index in [1.165, 1.54) is 18.5 Å². The van der Waals surface area contributed by atoms with E-state index >= 15 is 0 Å². The molecule has 4 nitrogen and oxygen atoms in total. The van der Waals surface area contributed by atoms with Gasteiger partial charge < -0.3 is 10.2 Å². The molecule has 0 radical (unpaired) electrons. The van der Waals surface area contributed by atoms with E-state index in [2.05, 4.69) is 58.9 Å². The lowest BCUT2D eigenvalue weighted by molar-refractivity contribution is 0.279. The molecular formula is C16H31BrN4. The van der Waals surface area contributed by atoms with Gasteiger partial charge in [0.1, 0.15) is 0 Å². The second-order valence-corrected chi connectivity index (χ2v) is 6.43. The molecule has 0 saturated carbocycles. The molecule has 0 aliphatic carbocycles. The molecule has 0 spiro atoms. The van der Waals surface area contributed by atoms with E-state index in [4.69, 9.17) is 0 Å². The van der Waals surface area contributed by atoms with Crippen LogP contribution in [0, 0.1) is 6.92 Å². The Morgan fingerprint density at radius 3 is 2.43 bits per heavy atom. The van der Waals surface area contributed by atoms with Crippen LogP contribution in [0.1, 0.15) is 45.0 Å². The van der Waals surface area contributed by atoms with E-state index < -0.39 is 0 Å². The van der Waals surface area contributed by atoms with E-state index in [-0.39, 0.29) is 0 Å². The van der Waals surface area contributed by atoms with Gasteiger partial charge in [-0.05, 0) is 61.9 Å². The summed E-state index contributed by atoms with van der Waals surface area (Å²) in [5, 5.41) is 8.20. The van der Waals surface area contributed by atoms with Crippen molar-refractivity contribution in [3.63, 3.8) is 0 Å². The first-order valence-corrected chi connectivity index (χ1v) is 8.96. The van der Waals surface area contributed by atoms with Gasteiger partial charge in [0.15, 0.2) is 0 Å². The number of nitrogens with zero attached hydrogens (tertiary/aromatic N) is 3. The van der Waals surface area contributed by atoms with Crippen molar-refractivity contribution < 1.29 is 0 Å². The van der Waals surface area contributed by atoms with Crippen LogP contribution < -0.4 is 5.32 Å². The van der Waals surface area contributed by atoms with Gasteiger partial charge in [-0.3, -0.25) is 4.68 Å². The Hall–Kier alpha value is -0.390. The Labute approximate surface area is 138 Å². The molecular weight excluding hydrogens is 328 g/mol. The predicted molar refractivity (Wildman–Crippen MR) is 93.8 cm³/mol. The molecule has 0 aliphatic rings. The van der Waals surface area contributed by atoms with Crippen LogP contribution >= 0.6 is 15.9 Å². The fraction of sp³-hybridized carbons (Fsp3) is 0.812. The summed E-state index contributed by atoms with van der Waals surface area (Å²) in [4.78, 5) is 2.49. The molecule has 1 atom stereocenters. The summed E-state index contributed by atoms with van der Waals surface area (Å²) in [7, 11) is 2.04. The number of hydrogen-bond acceptors (Lipinski definition) is 3. The molecule has 0 saturated heterocycles. The van der Waals surface area contributed by atoms with E-state index in [1.807, 2.05) is 11.7 Å². The van der Waals surface area contributed by atoms with E-state index in [0.717, 1.165) is 42.8 Å². The minimum absolute atomic E-state index is 0.511. The SMILES string of the molecule is CCCNC(CCN(CC)CC)Cc1c(Br)c(C)nn1C. The van der Waals surface area contributed by atoms with Crippen molar-refractivity contribution in [3.8, 4) is 0 Å². The zero-order valence-electron chi connectivity index (χ0n) is 14.2. The number of rotatable bonds is 10. The third kappa shape index (κ3) is 5.72. The maximum Gasteiger partial charge on any atom is 0.0738 e. The standard InChI is InChI=1S/C16H31BrN4/c1-6-10-18-14(9-11-21(7-2)8-3)12-15-16(17)13(4)19-20(15)5/h14,18H,6-12H2,1-5H3. The summed E-state index contributed by atoms with van der Waals surface area (Å²) in [6.45, 7) is 13.2. The van der Waals surface area contributed by atoms with E-state index in [0.29, 0.717) is 6.04 Å². The molecule has 5 heteroatoms. The smallest absolute Gasteiger partial charge is 0.0738 e. The molecule has 0 aliphatic heterocycles. The van der Waals surface area contributed by atoms with Crippen molar-refractivity contribution in [2.45, 2.75) is 53.0 Å². The van der Waals surface area contributed by atoms with Gasteiger partial charge in [-0.25, -0.2) is 0 Å². The average molecular weight is 359 g/mol. The molecule has 0 bridgehead atoms. The van der Waals surface area contributed by atoms with Crippen LogP contribution in [0.3, 0.4) is 0 Å². The van der Waals surface area contributed by atoms with Crippen LogP contribution in [0.25, 0.3) is 0 Å². The highest BCUT2D eigenvalue weighted by Gasteiger charge is 2.17. The first-order valence-electron chi connectivity index (χ1n) is 8.17. The van der Waals surface area contributed by atoms with Gasteiger partial charge in [0.2, 0.25) is 0 Å². The first-order chi connectivity index (χ1) is 10.0. The summed E-state index contributed by atoms with van der Waals surface area (Å²) in [6, 6.07) is 0.511. The van der Waals surface area contributed by atoms with Gasteiger partial charge in [-0.15, -0.1) is 0 Å². The fourth-order valence-corrected chi connectivity index (χ4v) is 3.14. The quantitative estimate of drug-likeness (QED) is 0.697. The lowest BCUT2D eigenvalue weighted by Crippen LogP contribution is -2.36. The molecule has 1 aromatic rings. The maximum absolute atomic E-state index is 4.50. The van der Waals surface area contributed by atoms with Crippen molar-refractivity contribution >= 4 is 15.9 Å². The number of nitrogens with one attached hydrogen (secondary N) is 1. The van der Waals surface area contributed by atoms with Gasteiger partial charge in [0.25, 0.3) is 0 Å². The zero-order valence-corrected chi connectivity index (χ0v) is 15.8. The van der Waals surface area contributed by atoms with Crippen molar-refractivity contribution in [2.75, 3.05) is 26.2 Å². The Morgan fingerprint density at radius 2 is 1.95 bits per heavy atom. The van der Waals surface area contributed by atoms with Crippen molar-refractivity contribution in [1.29, 1.82) is 0 Å². The second kappa shape index (κ2) is 9.59. The van der Waals surface area contributed by atoms with Gasteiger partial charge in [-0.2, -0.15) is 5.10 Å². The van der Waals surface area contributed by atoms with Crippen molar-refractivity contribution in [2.24, 2.45) is 7.05 Å². The lowest BCUT2D eigenvalue weighted by Gasteiger charge is -2.24. The van der Waals surface area contributed by atoms with Crippen molar-refractivity contribution in [1.82, 2.24) is 20.0 Å². The molecule has 0 aromatic carbocycles. The number of aryl methyl sites for hydroxylation is 2. The Morgan fingerprint density at radius 1 is 1.29 bits per heavy atom. The normalized spacial score (nSPS) is 13.1. The minimum atomic E-state index is 0.511. The Balaban J connectivity index is 2.68. The Bertz CT molecular complexity index is 413. The lowest BCUT2D eigenvalue weighted by atomic mass is 10.1. The third-order valence-corrected chi connectivity index (χ3v) is 5.10. The van der Waals surface area contributed by atoms with Crippen LogP contribution in [0.4, 0.5) is 0 Å². The number of aromatic nitrogens is 2. The Kier molecular flexibility index (Phi) is 8.52. The minimum Gasteiger partial charge on any atom is -0.314 e. The third-order valence-electron chi connectivity index (χ3n) is 4.07. The highest BCUT2D eigenvalue weighted by atomic mass is 79.9. The highest BCUT2D eigenvalue weighted by molar-refractivity contribution is 9.10. The predicted octanol–water partition coefficient (Wildman–Crippen LogP) is 3.13. The first kappa shape index (κ1) is 18.7. The molecule has 0 fully saturated rings. The van der Waals surface area contributed by atoms with E-state index in [1.54, 1.807) is 0 Å². The largest absolute Gasteiger partial charge is 0.314 e. The van der Waals surface area contributed by atoms with Gasteiger partial charge in [0.05, 0.1) is 15.9 Å². The van der Waals surface area contributed by atoms with Gasteiger partial charge >= 0.3 is 0 Å². The van der Waals surface area contributed by atoms with Crippen LogP contribution in [0.15, 0.2) is 4.47 Å². The molecule has 122 valence electrons. The molecule has 1 unspecified atom stereocenters. The van der Waals surface area contributed by atoms with Gasteiger partial charge in [0, 0.05) is 19.5 Å². The van der Waals surface area contributed by atoms with Crippen LogP contribution in [-0.4, -0.2) is 46.9 Å². The molecule has 1 aromatic heterocycles. The van der Waals surface area contributed by atoms with Crippen LogP contribution in [-0.2, 0) is 13.5 Å². The maximum atomic E-state index is 4.50. The van der Waals surface area contributed by atoms with Crippen molar-refractivity contribution in [3.05, 3.63) is 15.9 Å². The monoisotopic (exact) mass is 358 g/mol. The summed E-state index contributed by atoms with van der Waals surface area (Å²) in [5.74, 6) is 0. The molecule has 1 rings (SSSR count). The fourth-order valence-electron chi connectivity index (χ4n) is 2.64. The summed E-state index contributed by atoms with van der Waals surface area (Å²) >= 11 is 3.68. The molecule has 0 amide bonds. The topological polar surface area (TPSA) is 33.1 Å². The summed E-state index contributed by atoms with van der Waals surface area (Å²) in [6.07, 6.45) is 3.38. The number of hydrogen-bond donors (Lipinski definition) is 1. The second-order valence-electron chi connectivity index (χ2n) is 5.64. The molecule has 21 heavy (non-hydrogen) atoms. The average Bonchev–Trinajstić information content (AvgIpc) is 2.71. The van der Waals surface area contributed by atoms with E-state index in [9.17, 15) is 0 Å². The molecule has 1 N–H and O–H groups in total. The van der Waals surface area contributed by atoms with Crippen LogP contribution in [0.2, 0.25) is 0 Å².